The number of aryl methyl sites for hydroxylation is 2. The lowest BCUT2D eigenvalue weighted by Crippen LogP contribution is -2.29. The molecule has 3 aliphatic carbocycles. The highest BCUT2D eigenvalue weighted by molar-refractivity contribution is 6.20. The molecular weight excluding hydrogens is 1030 g/mol. The maximum atomic E-state index is 7.39. The Bertz CT molecular complexity index is 4610. The molecule has 14 aromatic rings. The van der Waals surface area contributed by atoms with E-state index >= 15 is 0 Å². The fourth-order valence-corrected chi connectivity index (χ4v) is 15.8. The van der Waals surface area contributed by atoms with Gasteiger partial charge in [0.15, 0.2) is 11.2 Å². The zero-order valence-electron chi connectivity index (χ0n) is 48.1. The molecule has 0 bridgehead atoms. The van der Waals surface area contributed by atoms with Crippen LogP contribution in [0.25, 0.3) is 76.5 Å². The van der Waals surface area contributed by atoms with Crippen LogP contribution in [0.2, 0.25) is 0 Å². The van der Waals surface area contributed by atoms with Gasteiger partial charge in [-0.15, -0.1) is 0 Å². The standard InChI is InChI=1S/C81H64N2O2/c1-51-41-45-57(46-42-51)82(71-39-19-37-67-65-35-17-33-59(53-21-9-10-22-53)77(65)84-79(67)71)73-49-69-75(63-31-15-13-29-61(63)73)76-64-32-16-14-30-62(64)74(50-70(76)81(69,55-25-5-3-6-26-55)56-27-7-4-8-28-56)83(58-47-43-52(2)44-48-58)72-40-20-38-68-66-36-18-34-60(54-23-11-12-24-54)78(66)85-80(68)72/h3-8,13-20,25-50,53-54H,9-12,21-24H2,1-2H3. The molecule has 0 spiro atoms. The molecular formula is C81H64N2O2. The number of anilines is 6. The van der Waals surface area contributed by atoms with Crippen molar-refractivity contribution in [2.24, 2.45) is 0 Å². The van der Waals surface area contributed by atoms with Crippen molar-refractivity contribution in [1.82, 2.24) is 0 Å². The molecule has 0 saturated heterocycles. The van der Waals surface area contributed by atoms with Gasteiger partial charge in [-0.25, -0.2) is 0 Å². The van der Waals surface area contributed by atoms with Crippen molar-refractivity contribution in [2.75, 3.05) is 9.80 Å². The van der Waals surface area contributed by atoms with E-state index in [1.54, 1.807) is 0 Å². The number of furan rings is 2. The second-order valence-corrected chi connectivity index (χ2v) is 24.5. The Balaban J connectivity index is 0.984. The quantitative estimate of drug-likeness (QED) is 0.137. The van der Waals surface area contributed by atoms with Crippen LogP contribution in [0.1, 0.15) is 108 Å². The van der Waals surface area contributed by atoms with E-state index in [1.807, 2.05) is 0 Å². The molecule has 0 N–H and O–H groups in total. The molecule has 85 heavy (non-hydrogen) atoms. The molecule has 410 valence electrons. The van der Waals surface area contributed by atoms with Crippen molar-refractivity contribution in [3.63, 3.8) is 0 Å². The molecule has 0 atom stereocenters. The van der Waals surface area contributed by atoms with Crippen molar-refractivity contribution >= 4 is 99.5 Å². The minimum atomic E-state index is -0.814. The van der Waals surface area contributed by atoms with Crippen LogP contribution in [0.5, 0.6) is 0 Å². The Hall–Kier alpha value is -9.64. The summed E-state index contributed by atoms with van der Waals surface area (Å²) in [5.41, 5.74) is 21.8. The first-order chi connectivity index (χ1) is 42.0. The minimum absolute atomic E-state index is 0.501. The molecule has 0 aliphatic heterocycles. The first-order valence-corrected chi connectivity index (χ1v) is 30.9. The van der Waals surface area contributed by atoms with Gasteiger partial charge in [-0.2, -0.15) is 0 Å². The lowest BCUT2D eigenvalue weighted by atomic mass is 9.67. The third-order valence-corrected chi connectivity index (χ3v) is 19.7. The van der Waals surface area contributed by atoms with Crippen LogP contribution in [-0.2, 0) is 5.41 Å². The van der Waals surface area contributed by atoms with Gasteiger partial charge >= 0.3 is 0 Å². The number of nitrogens with zero attached hydrogens (tertiary/aromatic N) is 2. The van der Waals surface area contributed by atoms with E-state index in [9.17, 15) is 0 Å². The zero-order valence-corrected chi connectivity index (χ0v) is 48.1. The van der Waals surface area contributed by atoms with Crippen molar-refractivity contribution < 1.29 is 8.83 Å². The van der Waals surface area contributed by atoms with Crippen LogP contribution in [0.4, 0.5) is 34.1 Å². The van der Waals surface area contributed by atoms with Gasteiger partial charge in [0.2, 0.25) is 0 Å². The molecule has 2 fully saturated rings. The van der Waals surface area contributed by atoms with E-state index in [0.717, 1.165) is 78.0 Å². The fraction of sp³-hybridized carbons (Fsp3) is 0.160. The molecule has 4 heteroatoms. The third kappa shape index (κ3) is 7.60. The van der Waals surface area contributed by atoms with Crippen molar-refractivity contribution in [1.29, 1.82) is 0 Å². The summed E-state index contributed by atoms with van der Waals surface area (Å²) in [6.07, 6.45) is 9.85. The molecule has 0 amide bonds. The van der Waals surface area contributed by atoms with E-state index in [1.165, 1.54) is 129 Å². The molecule has 2 saturated carbocycles. The van der Waals surface area contributed by atoms with Crippen LogP contribution >= 0.6 is 0 Å². The molecule has 2 aromatic heterocycles. The monoisotopic (exact) mass is 1100 g/mol. The highest BCUT2D eigenvalue weighted by atomic mass is 16.3. The van der Waals surface area contributed by atoms with Gasteiger partial charge < -0.3 is 18.6 Å². The number of rotatable bonds is 10. The van der Waals surface area contributed by atoms with Crippen LogP contribution in [0, 0.1) is 13.8 Å². The predicted octanol–water partition coefficient (Wildman–Crippen LogP) is 23.0. The number of hydrogen-bond donors (Lipinski definition) is 0. The highest BCUT2D eigenvalue weighted by Crippen LogP contribution is 2.63. The highest BCUT2D eigenvalue weighted by Gasteiger charge is 2.49. The smallest absolute Gasteiger partial charge is 0.159 e. The molecule has 0 unspecified atom stereocenters. The molecule has 0 radical (unpaired) electrons. The zero-order chi connectivity index (χ0) is 56.3. The van der Waals surface area contributed by atoms with Crippen LogP contribution in [0.3, 0.4) is 0 Å². The topological polar surface area (TPSA) is 32.8 Å². The van der Waals surface area contributed by atoms with Gasteiger partial charge in [-0.05, 0) is 155 Å². The second kappa shape index (κ2) is 19.7. The maximum Gasteiger partial charge on any atom is 0.159 e. The number of benzene rings is 12. The average molecular weight is 1100 g/mol. The summed E-state index contributed by atoms with van der Waals surface area (Å²) in [7, 11) is 0. The number of fused-ring (bicyclic) bond motifs is 13. The Morgan fingerprint density at radius 2 is 0.659 bits per heavy atom. The normalized spacial score (nSPS) is 15.0. The van der Waals surface area contributed by atoms with Gasteiger partial charge in [-0.3, -0.25) is 0 Å². The van der Waals surface area contributed by atoms with Crippen molar-refractivity contribution in [3.8, 4) is 11.1 Å². The molecule has 2 heterocycles. The predicted molar refractivity (Wildman–Crippen MR) is 355 cm³/mol. The first-order valence-electron chi connectivity index (χ1n) is 30.9. The van der Waals surface area contributed by atoms with E-state index in [4.69, 9.17) is 8.83 Å². The maximum absolute atomic E-state index is 7.39. The SMILES string of the molecule is Cc1ccc(N(c2cc3c(c4ccccc24)-c2c(cc(N(c4ccc(C)cc4)c4cccc5c4oc4c(C6CCCC6)cccc45)c4ccccc24)C3(c2ccccc2)c2ccccc2)c2cccc3c2oc2c(C4CCCC4)cccc23)cc1. The summed E-state index contributed by atoms with van der Waals surface area (Å²) in [5, 5.41) is 9.34. The summed E-state index contributed by atoms with van der Waals surface area (Å²) in [4.78, 5) is 5.00. The summed E-state index contributed by atoms with van der Waals surface area (Å²) in [5.74, 6) is 1.00. The van der Waals surface area contributed by atoms with Crippen molar-refractivity contribution in [3.05, 3.63) is 287 Å². The lowest BCUT2D eigenvalue weighted by molar-refractivity contribution is 0.643. The van der Waals surface area contributed by atoms with Gasteiger partial charge in [0, 0.05) is 43.7 Å². The third-order valence-electron chi connectivity index (χ3n) is 19.7. The summed E-state index contributed by atoms with van der Waals surface area (Å²) >= 11 is 0. The first kappa shape index (κ1) is 49.9. The van der Waals surface area contributed by atoms with E-state index in [-0.39, 0.29) is 0 Å². The number of hydrogen-bond acceptors (Lipinski definition) is 4. The Kier molecular flexibility index (Phi) is 11.6. The molecule has 17 rings (SSSR count). The largest absolute Gasteiger partial charge is 0.454 e. The van der Waals surface area contributed by atoms with Crippen LogP contribution < -0.4 is 9.80 Å². The lowest BCUT2D eigenvalue weighted by Gasteiger charge is -2.36. The van der Waals surface area contributed by atoms with Gasteiger partial charge in [0.1, 0.15) is 11.2 Å². The van der Waals surface area contributed by atoms with Crippen LogP contribution in [0.15, 0.2) is 251 Å². The summed E-state index contributed by atoms with van der Waals surface area (Å²) < 4.78 is 14.8. The van der Waals surface area contributed by atoms with E-state index in [2.05, 4.69) is 266 Å². The summed E-state index contributed by atoms with van der Waals surface area (Å²) in [6, 6.07) is 91.4. The molecule has 12 aromatic carbocycles. The van der Waals surface area contributed by atoms with E-state index in [0.29, 0.717) is 11.8 Å². The fourth-order valence-electron chi connectivity index (χ4n) is 15.8. The number of para-hydroxylation sites is 4. The average Bonchev–Trinajstić information content (AvgIpc) is 1.59. The van der Waals surface area contributed by atoms with Crippen molar-refractivity contribution in [2.45, 2.75) is 82.5 Å². The van der Waals surface area contributed by atoms with Gasteiger partial charge in [-0.1, -0.05) is 231 Å². The second-order valence-electron chi connectivity index (χ2n) is 24.5. The van der Waals surface area contributed by atoms with Gasteiger partial charge in [0.05, 0.1) is 28.2 Å². The minimum Gasteiger partial charge on any atom is -0.454 e. The molecule has 3 aliphatic rings. The molecule has 4 nitrogen and oxygen atoms in total. The summed E-state index contributed by atoms with van der Waals surface area (Å²) in [6.45, 7) is 4.36. The van der Waals surface area contributed by atoms with E-state index < -0.39 is 5.41 Å². The Morgan fingerprint density at radius 1 is 0.318 bits per heavy atom. The van der Waals surface area contributed by atoms with Crippen LogP contribution in [-0.4, -0.2) is 0 Å². The Morgan fingerprint density at radius 3 is 1.06 bits per heavy atom. The van der Waals surface area contributed by atoms with Gasteiger partial charge in [0.25, 0.3) is 0 Å². The Labute approximate surface area is 496 Å².